The Morgan fingerprint density at radius 2 is 0.554 bits per heavy atom. The fourth-order valence-electron chi connectivity index (χ4n) is 1.54. The van der Waals surface area contributed by atoms with Crippen molar-refractivity contribution in [2.75, 3.05) is 0 Å². The van der Waals surface area contributed by atoms with Crippen LogP contribution in [0.3, 0.4) is 0 Å². The van der Waals surface area contributed by atoms with Crippen LogP contribution >= 0.6 is 0 Å². The van der Waals surface area contributed by atoms with Crippen molar-refractivity contribution in [2.45, 2.75) is 20.8 Å². The summed E-state index contributed by atoms with van der Waals surface area (Å²) in [4.78, 5) is 74.6. The van der Waals surface area contributed by atoms with E-state index in [0.29, 0.717) is 11.5 Å². The van der Waals surface area contributed by atoms with Crippen LogP contribution in [0.15, 0.2) is 55.0 Å². The zero-order valence-corrected chi connectivity index (χ0v) is 41.3. The Morgan fingerprint density at radius 3 is 0.662 bits per heavy atom. The molecule has 0 fully saturated rings. The Labute approximate surface area is 435 Å². The monoisotopic (exact) mass is 1360 g/mol. The summed E-state index contributed by atoms with van der Waals surface area (Å²) >= 11 is 0. The van der Waals surface area contributed by atoms with E-state index in [1.165, 1.54) is 43.9 Å². The van der Waals surface area contributed by atoms with Gasteiger partial charge in [0.2, 0.25) is 11.2 Å². The van der Waals surface area contributed by atoms with Gasteiger partial charge in [0.1, 0.15) is 18.3 Å². The first-order valence-electron chi connectivity index (χ1n) is 11.0. The second-order valence-electron chi connectivity index (χ2n) is 5.11. The predicted molar refractivity (Wildman–Crippen MR) is 178 cm³/mol. The van der Waals surface area contributed by atoms with E-state index in [1.54, 1.807) is 13.8 Å². The topological polar surface area (TPSA) is 461 Å². The van der Waals surface area contributed by atoms with Crippen molar-refractivity contribution >= 4 is 40.7 Å². The molecule has 25 nitrogen and oxygen atoms in total. The van der Waals surface area contributed by atoms with Crippen LogP contribution in [0.1, 0.15) is 17.3 Å². The quantitative estimate of drug-likeness (QED) is 0.113. The summed E-state index contributed by atoms with van der Waals surface area (Å²) in [5.41, 5.74) is -0.712. The van der Waals surface area contributed by atoms with Gasteiger partial charge < -0.3 is 64.8 Å². The summed E-state index contributed by atoms with van der Waals surface area (Å²) in [6.07, 6.45) is 3.87. The molecule has 0 atom stereocenters. The summed E-state index contributed by atoms with van der Waals surface area (Å²) < 4.78 is 89.1. The van der Waals surface area contributed by atoms with Gasteiger partial charge in [-0.1, -0.05) is 0 Å². The van der Waals surface area contributed by atoms with Crippen molar-refractivity contribution in [1.29, 1.82) is 0 Å². The standard InChI is InChI=1S/3C6H6O3.6CHO.10CO.CH3.5Ru/c3*1-4-6(8)5(7)2-3-9-4;16*1-2;;;;;;/h3*2-3,8H,1H3;6*1H;;;;;;;;;;;1H3;;;;;/q;;;6*-1;;;;;;;;;;;-1;;3*+1;+2/p+2. The molecule has 30 heteroatoms. The van der Waals surface area contributed by atoms with Gasteiger partial charge in [-0.25, -0.2) is 0 Å². The number of carbonyl (C=O) groups excluding carboxylic acids is 6. The average molecular weight is 1350 g/mol. The predicted octanol–water partition coefficient (Wildman–Crippen LogP) is -0.332. The number of hydrogen-bond acceptors (Lipinski definition) is 13. The van der Waals surface area contributed by atoms with Crippen LogP contribution < -0.4 is 16.3 Å². The minimum Gasteiger partial charge on any atom is -0.545 e. The molecule has 0 amide bonds. The van der Waals surface area contributed by atoms with Gasteiger partial charge in [-0.15, -0.1) is 0 Å². The first-order valence-corrected chi connectivity index (χ1v) is 11.0. The van der Waals surface area contributed by atoms with Gasteiger partial charge in [-0.05, 0) is 20.8 Å². The SMILES string of the molecule is Cc1occc(=O)c1O.Cc1occc(=[OH+])c1O.Cc1occc(=[OH+])c1O.[C-]#[O+].[C-]#[O+].[C-]#[O+].[C-]#[O+].[C-]#[O+].[C-]#[O+].[C-]#[O+].[C-]#[O+].[C-]#[O+].[C-]#[O+].[CH-]=O.[CH-]=O.[CH-]=O.[CH-]=O.[CH-]=O.[CH-]=O.[CH3-].[Ru+2].[Ru+].[Ru+].[Ru+].[Ru]. The first-order chi connectivity index (χ1) is 28.6. The molecule has 3 aromatic heterocycles. The van der Waals surface area contributed by atoms with Crippen LogP contribution in [0, 0.1) is 94.7 Å². The van der Waals surface area contributed by atoms with E-state index >= 15 is 0 Å². The largest absolute Gasteiger partial charge is 2.00 e. The molecule has 0 spiro atoms. The summed E-state index contributed by atoms with van der Waals surface area (Å²) in [5, 5.41) is 26.5. The third kappa shape index (κ3) is 140. The molecule has 0 saturated carbocycles. The second-order valence-corrected chi connectivity index (χ2v) is 5.11. The molecule has 65 heavy (non-hydrogen) atoms. The fraction of sp³-hybridized carbons (Fsp3) is 0.0857. The summed E-state index contributed by atoms with van der Waals surface area (Å²) in [6, 6.07) is 3.73. The van der Waals surface area contributed by atoms with Gasteiger partial charge in [-0.3, -0.25) is 55.1 Å². The smallest absolute Gasteiger partial charge is 0.545 e. The third-order valence-electron chi connectivity index (χ3n) is 3.12. The van der Waals surface area contributed by atoms with Crippen molar-refractivity contribution in [3.63, 3.8) is 0 Å². The van der Waals surface area contributed by atoms with Crippen molar-refractivity contribution < 1.29 is 211 Å². The molecule has 0 aliphatic heterocycles. The molecule has 0 aliphatic rings. The molecule has 3 aromatic rings. The van der Waals surface area contributed by atoms with Crippen molar-refractivity contribution in [3.05, 3.63) is 149 Å². The summed E-state index contributed by atoms with van der Waals surface area (Å²) in [7, 11) is 0. The van der Waals surface area contributed by atoms with E-state index in [4.69, 9.17) is 109 Å². The number of aromatic hydroxyl groups is 3. The molecular formula is C35H29O25Ru5. The molecule has 3 radical (unpaired) electrons. The minimum atomic E-state index is -0.404. The Morgan fingerprint density at radius 1 is 0.415 bits per heavy atom. The molecule has 0 bridgehead atoms. The van der Waals surface area contributed by atoms with Crippen LogP contribution in [0.5, 0.6) is 17.2 Å². The molecule has 3 heterocycles. The van der Waals surface area contributed by atoms with Crippen molar-refractivity contribution in [3.8, 4) is 17.2 Å². The second kappa shape index (κ2) is 207. The maximum absolute atomic E-state index is 10.5. The van der Waals surface area contributed by atoms with E-state index in [-0.39, 0.29) is 139 Å². The number of aryl methyl sites for hydroxylation is 3. The van der Waals surface area contributed by atoms with E-state index in [0.717, 1.165) is 0 Å². The Balaban J connectivity index is -0.0000000158. The normalized spacial score (nSPS) is 4.60. The van der Waals surface area contributed by atoms with Crippen LogP contribution in [0.2, 0.25) is 0 Å². The van der Waals surface area contributed by atoms with E-state index in [9.17, 15) is 4.79 Å². The van der Waals surface area contributed by atoms with Gasteiger partial charge >= 0.3 is 202 Å². The Hall–Kier alpha value is -5.21. The Bertz CT molecular complexity index is 1400. The zero-order valence-electron chi connectivity index (χ0n) is 32.6. The van der Waals surface area contributed by atoms with E-state index in [2.05, 4.69) is 112 Å². The molecule has 359 valence electrons. The Kier molecular flexibility index (Phi) is 461. The van der Waals surface area contributed by atoms with Crippen LogP contribution in [0.4, 0.5) is 0 Å². The van der Waals surface area contributed by atoms with E-state index < -0.39 is 5.43 Å². The van der Waals surface area contributed by atoms with Crippen LogP contribution in [-0.2, 0) is 173 Å². The maximum Gasteiger partial charge on any atom is 2.00 e. The van der Waals surface area contributed by atoms with Gasteiger partial charge in [0.25, 0.3) is 11.5 Å². The average Bonchev–Trinajstić information content (AvgIpc) is 3.37. The molecule has 0 saturated heterocycles. The van der Waals surface area contributed by atoms with Gasteiger partial charge in [-0.2, -0.15) is 0 Å². The summed E-state index contributed by atoms with van der Waals surface area (Å²) in [6.45, 7) is 69.2. The van der Waals surface area contributed by atoms with Crippen LogP contribution in [0.25, 0.3) is 0 Å². The minimum absolute atomic E-state index is 0. The first kappa shape index (κ1) is 145. The summed E-state index contributed by atoms with van der Waals surface area (Å²) in [5.74, 6) is 0.181. The number of hydrogen-bond donors (Lipinski definition) is 3. The molecule has 0 aliphatic carbocycles. The van der Waals surface area contributed by atoms with E-state index in [1.807, 2.05) is 0 Å². The zero-order chi connectivity index (χ0) is 52.6. The third-order valence-corrected chi connectivity index (χ3v) is 3.12. The molecule has 3 rings (SSSR count). The van der Waals surface area contributed by atoms with Gasteiger partial charge in [0, 0.05) is 25.5 Å². The van der Waals surface area contributed by atoms with Crippen molar-refractivity contribution in [1.82, 2.24) is 0 Å². The fourth-order valence-corrected chi connectivity index (χ4v) is 1.54. The van der Waals surface area contributed by atoms with Crippen molar-refractivity contribution in [2.24, 2.45) is 0 Å². The number of rotatable bonds is 0. The van der Waals surface area contributed by atoms with Gasteiger partial charge in [0.15, 0.2) is 11.5 Å². The maximum atomic E-state index is 10.5. The molecule has 0 unspecified atom stereocenters. The molecule has 0 aromatic carbocycles. The van der Waals surface area contributed by atoms with Gasteiger partial charge in [0.05, 0.1) is 18.4 Å². The molecular weight excluding hydrogens is 1330 g/mol. The van der Waals surface area contributed by atoms with Crippen LogP contribution in [-0.4, -0.2) is 65.6 Å². The molecule has 5 N–H and O–H groups in total.